The second-order valence-electron chi connectivity index (χ2n) is 4.35. The molecule has 2 N–H and O–H groups in total. The van der Waals surface area contributed by atoms with Gasteiger partial charge in [-0.2, -0.15) is 0 Å². The third-order valence-corrected chi connectivity index (χ3v) is 6.53. The number of primary amides is 1. The zero-order chi connectivity index (χ0) is 12.1. The fourth-order valence-corrected chi connectivity index (χ4v) is 5.01. The second kappa shape index (κ2) is 6.05. The third-order valence-electron chi connectivity index (χ3n) is 2.42. The van der Waals surface area contributed by atoms with Gasteiger partial charge in [-0.25, -0.2) is 0 Å². The summed E-state index contributed by atoms with van der Waals surface area (Å²) in [4.78, 5) is 15.4. The summed E-state index contributed by atoms with van der Waals surface area (Å²) in [6.45, 7) is 4.46. The molecular formula is C12H19AsN2O. The predicted octanol–water partition coefficient (Wildman–Crippen LogP) is 1.56. The van der Waals surface area contributed by atoms with Crippen molar-refractivity contribution in [2.24, 2.45) is 11.7 Å². The number of hydrogen-bond donors (Lipinski definition) is 1. The van der Waals surface area contributed by atoms with Crippen LogP contribution >= 0.6 is 0 Å². The molecule has 0 aliphatic heterocycles. The number of carbonyl (C=O) groups is 1. The molecule has 1 rings (SSSR count). The summed E-state index contributed by atoms with van der Waals surface area (Å²) in [6, 6.07) is 5.58. The van der Waals surface area contributed by atoms with Gasteiger partial charge in [-0.05, 0) is 0 Å². The average Bonchev–Trinajstić information content (AvgIpc) is 2.26. The Labute approximate surface area is 102 Å². The minimum atomic E-state index is -1.07. The molecule has 0 radical (unpaired) electrons. The summed E-state index contributed by atoms with van der Waals surface area (Å²) in [5.41, 5.74) is 7.89. The minimum absolute atomic E-state index is 0.392. The molecule has 1 aromatic rings. The first-order chi connectivity index (χ1) is 7.50. The van der Waals surface area contributed by atoms with Gasteiger partial charge in [-0.15, -0.1) is 0 Å². The molecule has 88 valence electrons. The van der Waals surface area contributed by atoms with E-state index in [4.69, 9.17) is 5.73 Å². The molecule has 1 amide bonds. The van der Waals surface area contributed by atoms with Crippen molar-refractivity contribution in [3.05, 3.63) is 23.9 Å². The molecule has 0 saturated carbocycles. The number of nitrogens with two attached hydrogens (primary N) is 1. The van der Waals surface area contributed by atoms with Gasteiger partial charge in [0.15, 0.2) is 0 Å². The van der Waals surface area contributed by atoms with Gasteiger partial charge < -0.3 is 0 Å². The molecule has 1 atom stereocenters. The molecule has 1 unspecified atom stereocenters. The monoisotopic (exact) mass is 282 g/mol. The van der Waals surface area contributed by atoms with Crippen molar-refractivity contribution in [2.75, 3.05) is 0 Å². The van der Waals surface area contributed by atoms with Crippen molar-refractivity contribution in [1.82, 2.24) is 4.98 Å². The molecule has 0 bridgehead atoms. The van der Waals surface area contributed by atoms with E-state index < -0.39 is 20.6 Å². The second-order valence-corrected chi connectivity index (χ2v) is 9.18. The van der Waals surface area contributed by atoms with E-state index >= 15 is 0 Å². The van der Waals surface area contributed by atoms with Crippen LogP contribution in [0.25, 0.3) is 0 Å². The van der Waals surface area contributed by atoms with Gasteiger partial charge in [0.05, 0.1) is 0 Å². The standard InChI is InChI=1S/C12H19AsN2O/c1-9(2)7-8-13(3)11-6-4-5-10(15-11)12(14)16/h4-6,9H,7-8H2,1-3H3,(H2,14,16). The van der Waals surface area contributed by atoms with Crippen LogP contribution in [0.15, 0.2) is 18.2 Å². The molecular weight excluding hydrogens is 263 g/mol. The van der Waals surface area contributed by atoms with Crippen LogP contribution in [0.1, 0.15) is 30.8 Å². The van der Waals surface area contributed by atoms with Gasteiger partial charge in [0.2, 0.25) is 0 Å². The van der Waals surface area contributed by atoms with Crippen LogP contribution in [-0.4, -0.2) is 25.5 Å². The zero-order valence-corrected chi connectivity index (χ0v) is 12.0. The Balaban J connectivity index is 2.71. The molecule has 4 heteroatoms. The molecule has 0 spiro atoms. The number of rotatable bonds is 5. The number of aromatic nitrogens is 1. The van der Waals surface area contributed by atoms with Crippen LogP contribution in [0.3, 0.4) is 0 Å². The van der Waals surface area contributed by atoms with Crippen molar-refractivity contribution in [3.8, 4) is 0 Å². The molecule has 0 aliphatic rings. The van der Waals surface area contributed by atoms with Gasteiger partial charge in [-0.3, -0.25) is 0 Å². The Bertz CT molecular complexity index is 366. The molecule has 0 fully saturated rings. The van der Waals surface area contributed by atoms with E-state index in [0.717, 1.165) is 10.4 Å². The number of carbonyl (C=O) groups excluding carboxylic acids is 1. The molecule has 0 aromatic carbocycles. The van der Waals surface area contributed by atoms with Crippen LogP contribution in [0.4, 0.5) is 0 Å². The van der Waals surface area contributed by atoms with E-state index in [-0.39, 0.29) is 0 Å². The third kappa shape index (κ3) is 3.97. The maximum absolute atomic E-state index is 11.0. The van der Waals surface area contributed by atoms with Gasteiger partial charge in [0.25, 0.3) is 0 Å². The van der Waals surface area contributed by atoms with E-state index in [9.17, 15) is 4.79 Å². The quantitative estimate of drug-likeness (QED) is 0.833. The topological polar surface area (TPSA) is 56.0 Å². The van der Waals surface area contributed by atoms with E-state index in [1.807, 2.05) is 12.1 Å². The van der Waals surface area contributed by atoms with E-state index in [1.54, 1.807) is 6.07 Å². The van der Waals surface area contributed by atoms with Crippen molar-refractivity contribution < 1.29 is 4.79 Å². The Kier molecular flexibility index (Phi) is 5.01. The summed E-state index contributed by atoms with van der Waals surface area (Å²) in [6.07, 6.45) is 1.24. The predicted molar refractivity (Wildman–Crippen MR) is 68.3 cm³/mol. The Morgan fingerprint density at radius 2 is 2.19 bits per heavy atom. The Morgan fingerprint density at radius 3 is 2.75 bits per heavy atom. The van der Waals surface area contributed by atoms with Crippen molar-refractivity contribution in [2.45, 2.75) is 31.2 Å². The molecule has 0 saturated heterocycles. The van der Waals surface area contributed by atoms with Gasteiger partial charge in [0.1, 0.15) is 0 Å². The molecule has 1 heterocycles. The first kappa shape index (κ1) is 13.2. The Hall–Kier alpha value is -0.822. The number of nitrogens with zero attached hydrogens (tertiary/aromatic N) is 1. The zero-order valence-electron chi connectivity index (χ0n) is 10.1. The first-order valence-corrected chi connectivity index (χ1v) is 9.63. The fourth-order valence-electron chi connectivity index (χ4n) is 1.34. The summed E-state index contributed by atoms with van der Waals surface area (Å²) in [5.74, 6) is 0.296. The van der Waals surface area contributed by atoms with E-state index in [2.05, 4.69) is 24.5 Å². The molecule has 1 aromatic heterocycles. The van der Waals surface area contributed by atoms with Gasteiger partial charge >= 0.3 is 102 Å². The van der Waals surface area contributed by atoms with Gasteiger partial charge in [-0.1, -0.05) is 0 Å². The number of pyridine rings is 1. The van der Waals surface area contributed by atoms with Crippen LogP contribution in [0.5, 0.6) is 0 Å². The molecule has 16 heavy (non-hydrogen) atoms. The first-order valence-electron chi connectivity index (χ1n) is 5.48. The van der Waals surface area contributed by atoms with Crippen LogP contribution in [-0.2, 0) is 0 Å². The van der Waals surface area contributed by atoms with Crippen molar-refractivity contribution in [3.63, 3.8) is 0 Å². The van der Waals surface area contributed by atoms with Gasteiger partial charge in [0, 0.05) is 0 Å². The summed E-state index contributed by atoms with van der Waals surface area (Å²) in [5, 5.41) is 1.24. The average molecular weight is 282 g/mol. The molecule has 3 nitrogen and oxygen atoms in total. The summed E-state index contributed by atoms with van der Waals surface area (Å²) < 4.78 is 1.10. The summed E-state index contributed by atoms with van der Waals surface area (Å²) >= 11 is -1.07. The number of amides is 1. The van der Waals surface area contributed by atoms with Crippen LogP contribution in [0, 0.1) is 5.92 Å². The van der Waals surface area contributed by atoms with E-state index in [0.29, 0.717) is 5.69 Å². The van der Waals surface area contributed by atoms with Crippen LogP contribution < -0.4 is 10.2 Å². The Morgan fingerprint density at radius 1 is 1.50 bits per heavy atom. The normalized spacial score (nSPS) is 12.8. The fraction of sp³-hybridized carbons (Fsp3) is 0.500. The molecule has 0 aliphatic carbocycles. The van der Waals surface area contributed by atoms with Crippen molar-refractivity contribution >= 4 is 25.0 Å². The summed E-state index contributed by atoms with van der Waals surface area (Å²) in [7, 11) is 0. The maximum atomic E-state index is 11.0. The SMILES string of the molecule is CC(C)CC[As](C)c1cccc(C(N)=O)n1. The van der Waals surface area contributed by atoms with Crippen LogP contribution in [0.2, 0.25) is 10.9 Å². The number of hydrogen-bond acceptors (Lipinski definition) is 2. The van der Waals surface area contributed by atoms with Crippen molar-refractivity contribution in [1.29, 1.82) is 0 Å². The van der Waals surface area contributed by atoms with E-state index in [1.165, 1.54) is 11.6 Å².